The second-order valence-electron chi connectivity index (χ2n) is 6.77. The van der Waals surface area contributed by atoms with Gasteiger partial charge in [0.05, 0.1) is 15.5 Å². The number of benzene rings is 3. The lowest BCUT2D eigenvalue weighted by Crippen LogP contribution is -2.14. The second-order valence-corrected chi connectivity index (χ2v) is 7.18. The summed E-state index contributed by atoms with van der Waals surface area (Å²) >= 11 is 6.03. The van der Waals surface area contributed by atoms with Crippen LogP contribution in [0.15, 0.2) is 60.7 Å². The monoisotopic (exact) mass is 439 g/mol. The van der Waals surface area contributed by atoms with Crippen LogP contribution in [0.2, 0.25) is 5.02 Å². The lowest BCUT2D eigenvalue weighted by atomic mass is 10.0. The summed E-state index contributed by atoms with van der Waals surface area (Å²) in [6.45, 7) is 3.42. The Kier molecular flexibility index (Phi) is 6.67. The van der Waals surface area contributed by atoms with Crippen molar-refractivity contribution in [1.29, 1.82) is 0 Å². The number of carbonyl (C=O) groups is 2. The summed E-state index contributed by atoms with van der Waals surface area (Å²) in [6.07, 6.45) is 0. The number of para-hydroxylation sites is 1. The molecule has 0 radical (unpaired) electrons. The summed E-state index contributed by atoms with van der Waals surface area (Å²) in [5.74, 6) is -1.03. The molecule has 3 rings (SSSR count). The van der Waals surface area contributed by atoms with Gasteiger partial charge in [0.15, 0.2) is 12.4 Å². The van der Waals surface area contributed by atoms with E-state index < -0.39 is 17.5 Å². The molecule has 0 spiro atoms. The number of aryl methyl sites for hydroxylation is 2. The van der Waals surface area contributed by atoms with E-state index in [1.54, 1.807) is 12.1 Å². The predicted molar refractivity (Wildman–Crippen MR) is 115 cm³/mol. The molecule has 0 unspecified atom stereocenters. The van der Waals surface area contributed by atoms with Gasteiger partial charge in [-0.05, 0) is 55.3 Å². The maximum absolute atomic E-state index is 12.4. The van der Waals surface area contributed by atoms with Crippen LogP contribution in [0.5, 0.6) is 11.5 Å². The zero-order chi connectivity index (χ0) is 22.5. The zero-order valence-electron chi connectivity index (χ0n) is 16.8. The van der Waals surface area contributed by atoms with E-state index in [1.807, 2.05) is 19.9 Å². The van der Waals surface area contributed by atoms with Gasteiger partial charge in [-0.3, -0.25) is 14.9 Å². The normalized spacial score (nSPS) is 10.4. The minimum atomic E-state index is -0.726. The van der Waals surface area contributed by atoms with Gasteiger partial charge in [-0.1, -0.05) is 35.9 Å². The molecule has 0 fully saturated rings. The van der Waals surface area contributed by atoms with Gasteiger partial charge in [-0.2, -0.15) is 0 Å². The van der Waals surface area contributed by atoms with E-state index in [4.69, 9.17) is 21.1 Å². The van der Waals surface area contributed by atoms with E-state index in [9.17, 15) is 19.7 Å². The molecule has 3 aromatic carbocycles. The molecule has 0 aliphatic carbocycles. The number of rotatable bonds is 7. The van der Waals surface area contributed by atoms with Gasteiger partial charge in [0.2, 0.25) is 5.75 Å². The highest BCUT2D eigenvalue weighted by Gasteiger charge is 2.20. The molecule has 7 nitrogen and oxygen atoms in total. The van der Waals surface area contributed by atoms with Crippen LogP contribution in [-0.4, -0.2) is 23.3 Å². The van der Waals surface area contributed by atoms with Crippen LogP contribution < -0.4 is 4.74 Å². The molecule has 158 valence electrons. The minimum Gasteiger partial charge on any atom is -0.454 e. The van der Waals surface area contributed by atoms with Gasteiger partial charge < -0.3 is 9.47 Å². The van der Waals surface area contributed by atoms with Crippen LogP contribution in [0.3, 0.4) is 0 Å². The number of ketones is 1. The molecular formula is C23H18ClNO6. The Morgan fingerprint density at radius 3 is 2.42 bits per heavy atom. The number of nitro benzene ring substituents is 1. The Bertz CT molecular complexity index is 1170. The molecule has 3 aromatic rings. The third-order valence-electron chi connectivity index (χ3n) is 4.60. The van der Waals surface area contributed by atoms with Crippen LogP contribution in [0.1, 0.15) is 31.8 Å². The van der Waals surface area contributed by atoms with E-state index in [1.165, 1.54) is 42.5 Å². The molecule has 0 aliphatic rings. The molecule has 0 N–H and O–H groups in total. The van der Waals surface area contributed by atoms with Crippen LogP contribution in [-0.2, 0) is 4.74 Å². The molecule has 0 heterocycles. The first-order chi connectivity index (χ1) is 14.8. The highest BCUT2D eigenvalue weighted by atomic mass is 35.5. The van der Waals surface area contributed by atoms with Gasteiger partial charge in [-0.25, -0.2) is 4.79 Å². The molecule has 0 aliphatic heterocycles. The van der Waals surface area contributed by atoms with Crippen molar-refractivity contribution in [1.82, 2.24) is 0 Å². The fourth-order valence-corrected chi connectivity index (χ4v) is 2.97. The Morgan fingerprint density at radius 1 is 0.968 bits per heavy atom. The van der Waals surface area contributed by atoms with Crippen LogP contribution in [0.4, 0.5) is 5.69 Å². The van der Waals surface area contributed by atoms with Crippen molar-refractivity contribution in [2.75, 3.05) is 6.61 Å². The molecular weight excluding hydrogens is 422 g/mol. The number of hydrogen-bond acceptors (Lipinski definition) is 6. The topological polar surface area (TPSA) is 95.7 Å². The van der Waals surface area contributed by atoms with E-state index in [0.29, 0.717) is 5.56 Å². The molecule has 0 amide bonds. The zero-order valence-corrected chi connectivity index (χ0v) is 17.5. The van der Waals surface area contributed by atoms with E-state index in [-0.39, 0.29) is 33.6 Å². The SMILES string of the molecule is Cc1ccc(C(=O)COC(=O)c2cccc(Oc3c(Cl)cccc3[N+](=O)[O-])c2)cc1C. The first-order valence-corrected chi connectivity index (χ1v) is 9.62. The van der Waals surface area contributed by atoms with Gasteiger partial charge in [0, 0.05) is 11.6 Å². The highest BCUT2D eigenvalue weighted by molar-refractivity contribution is 6.32. The molecule has 0 bridgehead atoms. The van der Waals surface area contributed by atoms with Crippen molar-refractivity contribution in [3.63, 3.8) is 0 Å². The Morgan fingerprint density at radius 2 is 1.71 bits per heavy atom. The molecule has 0 atom stereocenters. The number of esters is 1. The summed E-state index contributed by atoms with van der Waals surface area (Å²) in [6, 6.07) is 15.3. The van der Waals surface area contributed by atoms with Crippen molar-refractivity contribution >= 4 is 29.0 Å². The largest absolute Gasteiger partial charge is 0.454 e. The number of halogens is 1. The Labute approximate surface area is 183 Å². The summed E-state index contributed by atoms with van der Waals surface area (Å²) in [4.78, 5) is 35.3. The summed E-state index contributed by atoms with van der Waals surface area (Å²) in [7, 11) is 0. The molecule has 31 heavy (non-hydrogen) atoms. The number of ether oxygens (including phenoxy) is 2. The standard InChI is InChI=1S/C23H18ClNO6/c1-14-9-10-16(11-15(14)2)21(26)13-30-23(27)17-5-3-6-18(12-17)31-22-19(24)7-4-8-20(22)25(28)29/h3-12H,13H2,1-2H3. The van der Waals surface area contributed by atoms with Crippen molar-refractivity contribution in [3.8, 4) is 11.5 Å². The number of nitrogens with zero attached hydrogens (tertiary/aromatic N) is 1. The predicted octanol–water partition coefficient (Wildman–Crippen LogP) is 5.70. The lowest BCUT2D eigenvalue weighted by Gasteiger charge is -2.10. The van der Waals surface area contributed by atoms with Gasteiger partial charge in [0.1, 0.15) is 5.75 Å². The smallest absolute Gasteiger partial charge is 0.338 e. The second kappa shape index (κ2) is 9.40. The molecule has 8 heteroatoms. The number of nitro groups is 1. The van der Waals surface area contributed by atoms with Crippen molar-refractivity contribution in [2.24, 2.45) is 0 Å². The fourth-order valence-electron chi connectivity index (χ4n) is 2.76. The Hall–Kier alpha value is -3.71. The molecule has 0 aromatic heterocycles. The first kappa shape index (κ1) is 22.0. The van der Waals surface area contributed by atoms with Crippen molar-refractivity contribution in [2.45, 2.75) is 13.8 Å². The molecule has 0 saturated carbocycles. The van der Waals surface area contributed by atoms with E-state index in [2.05, 4.69) is 0 Å². The highest BCUT2D eigenvalue weighted by Crippen LogP contribution is 2.37. The van der Waals surface area contributed by atoms with Crippen LogP contribution in [0.25, 0.3) is 0 Å². The van der Waals surface area contributed by atoms with Crippen molar-refractivity contribution in [3.05, 3.63) is 98.1 Å². The first-order valence-electron chi connectivity index (χ1n) is 9.24. The molecule has 0 saturated heterocycles. The van der Waals surface area contributed by atoms with Crippen LogP contribution in [0, 0.1) is 24.0 Å². The van der Waals surface area contributed by atoms with E-state index >= 15 is 0 Å². The summed E-state index contributed by atoms with van der Waals surface area (Å²) in [5, 5.41) is 11.3. The fraction of sp³-hybridized carbons (Fsp3) is 0.130. The quantitative estimate of drug-likeness (QED) is 0.203. The van der Waals surface area contributed by atoms with Gasteiger partial charge in [-0.15, -0.1) is 0 Å². The summed E-state index contributed by atoms with van der Waals surface area (Å²) in [5.41, 5.74) is 2.30. The van der Waals surface area contributed by atoms with Crippen molar-refractivity contribution < 1.29 is 24.0 Å². The van der Waals surface area contributed by atoms with Gasteiger partial charge >= 0.3 is 11.7 Å². The lowest BCUT2D eigenvalue weighted by molar-refractivity contribution is -0.385. The minimum absolute atomic E-state index is 0.0566. The van der Waals surface area contributed by atoms with Crippen LogP contribution >= 0.6 is 11.6 Å². The Balaban J connectivity index is 1.71. The number of carbonyl (C=O) groups excluding carboxylic acids is 2. The van der Waals surface area contributed by atoms with Gasteiger partial charge in [0.25, 0.3) is 0 Å². The summed E-state index contributed by atoms with van der Waals surface area (Å²) < 4.78 is 10.7. The van der Waals surface area contributed by atoms with E-state index in [0.717, 1.165) is 11.1 Å². The third kappa shape index (κ3) is 5.26. The number of Topliss-reactive ketones (excluding diaryl/α,β-unsaturated/α-hetero) is 1. The average molecular weight is 440 g/mol. The number of hydrogen-bond donors (Lipinski definition) is 0. The maximum atomic E-state index is 12.4. The average Bonchev–Trinajstić information content (AvgIpc) is 2.75. The third-order valence-corrected chi connectivity index (χ3v) is 4.89. The maximum Gasteiger partial charge on any atom is 0.338 e.